The van der Waals surface area contributed by atoms with Crippen LogP contribution in [0.2, 0.25) is 0 Å². The number of aliphatic hydroxyl groups excluding tert-OH is 5. The molecule has 9 nitrogen and oxygen atoms in total. The molecule has 1 saturated heterocycles. The Hall–Kier alpha value is -1.33. The summed E-state index contributed by atoms with van der Waals surface area (Å²) in [5.41, 5.74) is 1.20. The first-order valence-electron chi connectivity index (χ1n) is 17.9. The molecule has 5 N–H and O–H groups in total. The van der Waals surface area contributed by atoms with Gasteiger partial charge >= 0.3 is 5.97 Å². The van der Waals surface area contributed by atoms with Crippen LogP contribution < -0.4 is 0 Å². The molecule has 47 heavy (non-hydrogen) atoms. The summed E-state index contributed by atoms with van der Waals surface area (Å²) in [5, 5.41) is 56.1. The molecule has 0 unspecified atom stereocenters. The molecule has 5 fully saturated rings. The van der Waals surface area contributed by atoms with Crippen LogP contribution in [0, 0.1) is 45.3 Å². The Kier molecular flexibility index (Phi) is 10.3. The number of ether oxygens (including phenoxy) is 3. The van der Waals surface area contributed by atoms with E-state index in [1.807, 2.05) is 0 Å². The lowest BCUT2D eigenvalue weighted by molar-refractivity contribution is -0.346. The fourth-order valence-corrected chi connectivity index (χ4v) is 11.7. The minimum Gasteiger partial charge on any atom is -0.463 e. The minimum absolute atomic E-state index is 0.0625. The minimum atomic E-state index is -1.56. The summed E-state index contributed by atoms with van der Waals surface area (Å²) in [6.45, 7) is 21.0. The van der Waals surface area contributed by atoms with Gasteiger partial charge in [-0.05, 0) is 111 Å². The maximum absolute atomic E-state index is 12.1. The SMILES string of the molecule is C=C(CCC=C(C)C)[C@H]1CC[C@]2(C)[C@@H]1[C@H](O)C[C@@H]1[C@@]3(C)CC[C@H](O)C(C)(C)[C@@H]3[C@@H](O[C@H]3O[C@H](COC(C)=O)[C@@H](O)[C@H](O)[C@H]3O)C[C@]12C. The molecule has 15 atom stereocenters. The third-order valence-corrected chi connectivity index (χ3v) is 14.2. The lowest BCUT2D eigenvalue weighted by Crippen LogP contribution is -2.70. The van der Waals surface area contributed by atoms with E-state index in [0.717, 1.165) is 32.1 Å². The Morgan fingerprint density at radius 3 is 2.26 bits per heavy atom. The van der Waals surface area contributed by atoms with Gasteiger partial charge in [-0.25, -0.2) is 0 Å². The van der Waals surface area contributed by atoms with E-state index >= 15 is 0 Å². The van der Waals surface area contributed by atoms with Crippen molar-refractivity contribution in [1.82, 2.24) is 0 Å². The second-order valence-electron chi connectivity index (χ2n) is 17.4. The lowest BCUT2D eigenvalue weighted by Gasteiger charge is -2.72. The zero-order valence-corrected chi connectivity index (χ0v) is 29.9. The lowest BCUT2D eigenvalue weighted by atomic mass is 9.34. The highest BCUT2D eigenvalue weighted by molar-refractivity contribution is 5.65. The van der Waals surface area contributed by atoms with Crippen molar-refractivity contribution in [2.45, 2.75) is 156 Å². The van der Waals surface area contributed by atoms with Gasteiger partial charge in [0.1, 0.15) is 31.0 Å². The van der Waals surface area contributed by atoms with Gasteiger partial charge < -0.3 is 39.7 Å². The van der Waals surface area contributed by atoms with Crippen molar-refractivity contribution >= 4 is 5.97 Å². The van der Waals surface area contributed by atoms with Crippen molar-refractivity contribution in [2.75, 3.05) is 6.61 Å². The molecule has 9 heteroatoms. The van der Waals surface area contributed by atoms with Crippen LogP contribution in [0.4, 0.5) is 0 Å². The fraction of sp³-hybridized carbons (Fsp3) is 0.868. The van der Waals surface area contributed by atoms with Crippen LogP contribution in [0.1, 0.15) is 107 Å². The largest absolute Gasteiger partial charge is 0.463 e. The van der Waals surface area contributed by atoms with E-state index in [0.29, 0.717) is 19.3 Å². The van der Waals surface area contributed by atoms with E-state index in [9.17, 15) is 30.3 Å². The molecule has 0 bridgehead atoms. The number of carbonyl (C=O) groups is 1. The zero-order chi connectivity index (χ0) is 34.9. The highest BCUT2D eigenvalue weighted by Gasteiger charge is 2.72. The first-order valence-corrected chi connectivity index (χ1v) is 17.9. The van der Waals surface area contributed by atoms with Gasteiger partial charge in [0.25, 0.3) is 0 Å². The number of esters is 1. The van der Waals surface area contributed by atoms with Crippen molar-refractivity contribution in [3.8, 4) is 0 Å². The molecular formula is C38H62O9. The fourth-order valence-electron chi connectivity index (χ4n) is 11.7. The topological polar surface area (TPSA) is 146 Å². The van der Waals surface area contributed by atoms with Gasteiger partial charge in [-0.15, -0.1) is 0 Å². The second-order valence-corrected chi connectivity index (χ2v) is 17.4. The Bertz CT molecular complexity index is 1210. The molecule has 268 valence electrons. The van der Waals surface area contributed by atoms with Crippen LogP contribution in [0.5, 0.6) is 0 Å². The van der Waals surface area contributed by atoms with Crippen LogP contribution in [0.25, 0.3) is 0 Å². The van der Waals surface area contributed by atoms with Gasteiger partial charge in [0.15, 0.2) is 6.29 Å². The van der Waals surface area contributed by atoms with E-state index < -0.39 is 60.4 Å². The standard InChI is InChI=1S/C38H62O9/c1-20(2)11-10-12-21(3)23-13-16-37(8)29(23)24(40)17-27-36(7)15-14-28(41)35(5,6)33(36)25(18-38(27,37)9)46-34-32(44)31(43)30(42)26(47-34)19-45-22(4)39/h11,23-34,40-44H,3,10,12-19H2,1-2,4-9H3/t23-,24-,25+,26-,27-,28+,29+,30-,31+,32-,33+,34+,36-,37-,38-/m1/s1. The summed E-state index contributed by atoms with van der Waals surface area (Å²) in [6, 6.07) is 0. The molecule has 5 aliphatic rings. The highest BCUT2D eigenvalue weighted by atomic mass is 16.7. The molecule has 0 aromatic heterocycles. The number of hydrogen-bond acceptors (Lipinski definition) is 9. The number of fused-ring (bicyclic) bond motifs is 5. The Morgan fingerprint density at radius 2 is 1.62 bits per heavy atom. The number of aliphatic hydroxyl groups is 5. The molecule has 1 heterocycles. The molecule has 4 saturated carbocycles. The highest BCUT2D eigenvalue weighted by Crippen LogP contribution is 2.76. The number of rotatable bonds is 8. The zero-order valence-electron chi connectivity index (χ0n) is 29.9. The molecule has 0 aromatic carbocycles. The Labute approximate surface area is 281 Å². The molecule has 0 spiro atoms. The predicted octanol–water partition coefficient (Wildman–Crippen LogP) is 4.67. The average Bonchev–Trinajstić information content (AvgIpc) is 3.35. The van der Waals surface area contributed by atoms with Gasteiger partial charge in [-0.1, -0.05) is 58.4 Å². The van der Waals surface area contributed by atoms with Crippen LogP contribution >= 0.6 is 0 Å². The smallest absolute Gasteiger partial charge is 0.302 e. The third-order valence-electron chi connectivity index (χ3n) is 14.2. The van der Waals surface area contributed by atoms with Crippen LogP contribution in [0.15, 0.2) is 23.8 Å². The van der Waals surface area contributed by atoms with E-state index in [-0.39, 0.29) is 46.5 Å². The number of carbonyl (C=O) groups excluding carboxylic acids is 1. The monoisotopic (exact) mass is 662 g/mol. The van der Waals surface area contributed by atoms with Crippen molar-refractivity contribution in [2.24, 2.45) is 45.3 Å². The quantitative estimate of drug-likeness (QED) is 0.142. The molecule has 0 radical (unpaired) electrons. The molecule has 0 amide bonds. The maximum Gasteiger partial charge on any atom is 0.302 e. The van der Waals surface area contributed by atoms with Crippen molar-refractivity contribution in [1.29, 1.82) is 0 Å². The van der Waals surface area contributed by atoms with Crippen molar-refractivity contribution < 1.29 is 44.5 Å². The van der Waals surface area contributed by atoms with Crippen LogP contribution in [-0.2, 0) is 19.0 Å². The molecule has 1 aliphatic heterocycles. The van der Waals surface area contributed by atoms with Gasteiger partial charge in [-0.2, -0.15) is 0 Å². The maximum atomic E-state index is 12.1. The van der Waals surface area contributed by atoms with Gasteiger partial charge in [0.2, 0.25) is 0 Å². The van der Waals surface area contributed by atoms with Crippen molar-refractivity contribution in [3.63, 3.8) is 0 Å². The molecule has 0 aromatic rings. The molecule has 5 rings (SSSR count). The summed E-state index contributed by atoms with van der Waals surface area (Å²) in [4.78, 5) is 11.5. The van der Waals surface area contributed by atoms with Crippen LogP contribution in [-0.4, -0.2) is 87.1 Å². The van der Waals surface area contributed by atoms with Gasteiger partial charge in [0, 0.05) is 6.92 Å². The first kappa shape index (κ1) is 36.9. The van der Waals surface area contributed by atoms with E-state index in [4.69, 9.17) is 14.2 Å². The normalized spacial score (nSPS) is 48.9. The van der Waals surface area contributed by atoms with Gasteiger partial charge in [0.05, 0.1) is 18.3 Å². The summed E-state index contributed by atoms with van der Waals surface area (Å²) < 4.78 is 18.0. The van der Waals surface area contributed by atoms with Gasteiger partial charge in [-0.3, -0.25) is 4.79 Å². The van der Waals surface area contributed by atoms with E-state index in [1.165, 1.54) is 18.1 Å². The van der Waals surface area contributed by atoms with Crippen LogP contribution in [0.3, 0.4) is 0 Å². The summed E-state index contributed by atoms with van der Waals surface area (Å²) in [7, 11) is 0. The van der Waals surface area contributed by atoms with E-state index in [2.05, 4.69) is 61.1 Å². The van der Waals surface area contributed by atoms with E-state index in [1.54, 1.807) is 0 Å². The Balaban J connectivity index is 1.51. The Morgan fingerprint density at radius 1 is 0.936 bits per heavy atom. The number of allylic oxidation sites excluding steroid dienone is 3. The number of hydrogen-bond donors (Lipinski definition) is 5. The summed E-state index contributed by atoms with van der Waals surface area (Å²) >= 11 is 0. The first-order chi connectivity index (χ1) is 21.8. The average molecular weight is 663 g/mol. The third kappa shape index (κ3) is 6.08. The second kappa shape index (κ2) is 13.1. The predicted molar refractivity (Wildman–Crippen MR) is 178 cm³/mol. The molecule has 4 aliphatic carbocycles. The molecular weight excluding hydrogens is 600 g/mol. The van der Waals surface area contributed by atoms with Crippen molar-refractivity contribution in [3.05, 3.63) is 23.8 Å². The summed E-state index contributed by atoms with van der Waals surface area (Å²) in [5.74, 6) is -0.229. The summed E-state index contributed by atoms with van der Waals surface area (Å²) in [6.07, 6.45) is 0.415.